The number of amides is 1. The van der Waals surface area contributed by atoms with Crippen LogP contribution in [-0.2, 0) is 13.0 Å². The van der Waals surface area contributed by atoms with Gasteiger partial charge >= 0.3 is 0 Å². The fourth-order valence-corrected chi connectivity index (χ4v) is 4.49. The Morgan fingerprint density at radius 1 is 1.28 bits per heavy atom. The topological polar surface area (TPSA) is 71.2 Å². The molecule has 0 fully saturated rings. The molecule has 4 rings (SSSR count). The molecule has 2 unspecified atom stereocenters. The highest BCUT2D eigenvalue weighted by molar-refractivity contribution is 6.35. The highest BCUT2D eigenvalue weighted by Crippen LogP contribution is 2.41. The minimum Gasteiger partial charge on any atom is -0.390 e. The first-order valence-corrected chi connectivity index (χ1v) is 10.1. The molecule has 0 saturated carbocycles. The zero-order chi connectivity index (χ0) is 20.7. The second-order valence-electron chi connectivity index (χ2n) is 7.11. The van der Waals surface area contributed by atoms with Crippen LogP contribution in [0.2, 0.25) is 10.0 Å². The third-order valence-corrected chi connectivity index (χ3v) is 5.93. The Kier molecular flexibility index (Phi) is 5.34. The zero-order valence-electron chi connectivity index (χ0n) is 16.0. The van der Waals surface area contributed by atoms with E-state index in [1.165, 1.54) is 0 Å². The van der Waals surface area contributed by atoms with Crippen molar-refractivity contribution in [2.24, 2.45) is 0 Å². The van der Waals surface area contributed by atoms with Crippen molar-refractivity contribution in [2.75, 3.05) is 7.05 Å². The van der Waals surface area contributed by atoms with Gasteiger partial charge in [-0.3, -0.25) is 4.79 Å². The van der Waals surface area contributed by atoms with Crippen molar-refractivity contribution in [3.05, 3.63) is 69.5 Å². The number of carbonyl (C=O) groups excluding carboxylic acids is 1. The van der Waals surface area contributed by atoms with Gasteiger partial charge in [0.15, 0.2) is 5.82 Å². The summed E-state index contributed by atoms with van der Waals surface area (Å²) in [6.07, 6.45) is 1.33. The predicted molar refractivity (Wildman–Crippen MR) is 112 cm³/mol. The summed E-state index contributed by atoms with van der Waals surface area (Å²) in [7, 11) is 1.68. The number of aliphatic hydroxyl groups is 1. The van der Waals surface area contributed by atoms with Gasteiger partial charge in [0.25, 0.3) is 5.91 Å². The number of halogens is 2. The lowest BCUT2D eigenvalue weighted by molar-refractivity contribution is 0.0497. The Bertz CT molecular complexity index is 1070. The summed E-state index contributed by atoms with van der Waals surface area (Å²) in [5.74, 6) is 0.561. The number of aromatic nitrogens is 3. The number of benzene rings is 2. The van der Waals surface area contributed by atoms with Crippen molar-refractivity contribution >= 4 is 29.1 Å². The van der Waals surface area contributed by atoms with Gasteiger partial charge in [-0.15, -0.1) is 10.2 Å². The number of aliphatic hydroxyl groups excluding tert-OH is 1. The van der Waals surface area contributed by atoms with Crippen molar-refractivity contribution in [1.82, 2.24) is 19.7 Å². The Morgan fingerprint density at radius 2 is 2.00 bits per heavy atom. The van der Waals surface area contributed by atoms with Gasteiger partial charge in [-0.2, -0.15) is 0 Å². The Labute approximate surface area is 178 Å². The summed E-state index contributed by atoms with van der Waals surface area (Å²) in [5, 5.41) is 19.7. The van der Waals surface area contributed by atoms with E-state index in [0.717, 1.165) is 29.1 Å². The Hall–Kier alpha value is -2.41. The summed E-state index contributed by atoms with van der Waals surface area (Å²) in [5.41, 5.74) is 3.03. The van der Waals surface area contributed by atoms with Crippen LogP contribution in [0.25, 0.3) is 11.4 Å². The first-order chi connectivity index (χ1) is 13.9. The van der Waals surface area contributed by atoms with Crippen LogP contribution in [0.1, 0.15) is 34.5 Å². The normalized spacial score (nSPS) is 18.0. The van der Waals surface area contributed by atoms with Gasteiger partial charge in [0.05, 0.1) is 12.1 Å². The van der Waals surface area contributed by atoms with Crippen LogP contribution < -0.4 is 0 Å². The van der Waals surface area contributed by atoms with Gasteiger partial charge in [0.2, 0.25) is 0 Å². The van der Waals surface area contributed by atoms with E-state index in [9.17, 15) is 9.90 Å². The summed E-state index contributed by atoms with van der Waals surface area (Å²) in [6.45, 7) is 2.78. The van der Waals surface area contributed by atoms with Crippen LogP contribution >= 0.6 is 23.2 Å². The van der Waals surface area contributed by atoms with Gasteiger partial charge < -0.3 is 14.6 Å². The van der Waals surface area contributed by atoms with Crippen molar-refractivity contribution in [2.45, 2.75) is 32.0 Å². The molecular formula is C21H20Cl2N4O2. The molecule has 0 saturated heterocycles. The lowest BCUT2D eigenvalue weighted by atomic mass is 10.0. The molecule has 1 aromatic heterocycles. The molecule has 8 heteroatoms. The molecule has 6 nitrogen and oxygen atoms in total. The van der Waals surface area contributed by atoms with Crippen LogP contribution in [0.3, 0.4) is 0 Å². The number of carbonyl (C=O) groups is 1. The van der Waals surface area contributed by atoms with Gasteiger partial charge in [-0.05, 0) is 42.3 Å². The van der Waals surface area contributed by atoms with Gasteiger partial charge in [-0.1, -0.05) is 35.3 Å². The summed E-state index contributed by atoms with van der Waals surface area (Å²) in [6, 6.07) is 10.2. The maximum Gasteiger partial charge on any atom is 0.254 e. The maximum absolute atomic E-state index is 13.1. The highest BCUT2D eigenvalue weighted by atomic mass is 35.5. The molecule has 1 aliphatic carbocycles. The number of nitrogens with zero attached hydrogens (tertiary/aromatic N) is 4. The van der Waals surface area contributed by atoms with Crippen molar-refractivity contribution in [1.29, 1.82) is 0 Å². The number of aryl methyl sites for hydroxylation is 1. The highest BCUT2D eigenvalue weighted by Gasteiger charge is 2.37. The average molecular weight is 431 g/mol. The van der Waals surface area contributed by atoms with E-state index in [4.69, 9.17) is 23.2 Å². The molecular weight excluding hydrogens is 411 g/mol. The van der Waals surface area contributed by atoms with Crippen molar-refractivity contribution in [3.63, 3.8) is 0 Å². The second-order valence-corrected chi connectivity index (χ2v) is 7.95. The standard InChI is InChI=1S/C21H20Cl2N4O2/c1-3-27-11-24-25-20(27)12-4-6-13(7-5-12)21(29)26(2)19-16-8-14(22)9-17(23)15(16)10-18(19)28/h4-9,11,18-19,28H,3,10H2,1-2H3. The average Bonchev–Trinajstić information content (AvgIpc) is 3.31. The molecule has 150 valence electrons. The SMILES string of the molecule is CCn1cnnc1-c1ccc(C(=O)N(C)C2c3cc(Cl)cc(Cl)c3CC2O)cc1. The van der Waals surface area contributed by atoms with E-state index in [-0.39, 0.29) is 5.91 Å². The first kappa shape index (κ1) is 19.9. The molecule has 0 radical (unpaired) electrons. The monoisotopic (exact) mass is 430 g/mol. The lowest BCUT2D eigenvalue weighted by Crippen LogP contribution is -2.36. The molecule has 0 spiro atoms. The summed E-state index contributed by atoms with van der Waals surface area (Å²) < 4.78 is 1.93. The second kappa shape index (κ2) is 7.78. The molecule has 1 aliphatic rings. The molecule has 2 aromatic carbocycles. The third kappa shape index (κ3) is 3.52. The van der Waals surface area contributed by atoms with Crippen LogP contribution in [0.4, 0.5) is 0 Å². The molecule has 3 aromatic rings. The fourth-order valence-electron chi connectivity index (χ4n) is 3.90. The molecule has 1 N–H and O–H groups in total. The fraction of sp³-hybridized carbons (Fsp3) is 0.286. The minimum atomic E-state index is -0.739. The third-order valence-electron chi connectivity index (χ3n) is 5.37. The lowest BCUT2D eigenvalue weighted by Gasteiger charge is -2.28. The van der Waals surface area contributed by atoms with E-state index in [0.29, 0.717) is 22.0 Å². The van der Waals surface area contributed by atoms with Gasteiger partial charge in [0.1, 0.15) is 6.33 Å². The maximum atomic E-state index is 13.1. The summed E-state index contributed by atoms with van der Waals surface area (Å²) >= 11 is 12.4. The van der Waals surface area contributed by atoms with Crippen molar-refractivity contribution in [3.8, 4) is 11.4 Å². The summed E-state index contributed by atoms with van der Waals surface area (Å²) in [4.78, 5) is 14.6. The number of rotatable bonds is 4. The largest absolute Gasteiger partial charge is 0.390 e. The molecule has 1 amide bonds. The van der Waals surface area contributed by atoms with Gasteiger partial charge in [0, 0.05) is 41.2 Å². The molecule has 29 heavy (non-hydrogen) atoms. The van der Waals surface area contributed by atoms with Gasteiger partial charge in [-0.25, -0.2) is 0 Å². The number of fused-ring (bicyclic) bond motifs is 1. The first-order valence-electron chi connectivity index (χ1n) is 9.32. The van der Waals surface area contributed by atoms with E-state index < -0.39 is 12.1 Å². The molecule has 2 atom stereocenters. The van der Waals surface area contributed by atoms with E-state index in [2.05, 4.69) is 10.2 Å². The smallest absolute Gasteiger partial charge is 0.254 e. The molecule has 0 aliphatic heterocycles. The molecule has 1 heterocycles. The number of hydrogen-bond donors (Lipinski definition) is 1. The van der Waals surface area contributed by atoms with Crippen LogP contribution in [0, 0.1) is 0 Å². The van der Waals surface area contributed by atoms with E-state index >= 15 is 0 Å². The zero-order valence-corrected chi connectivity index (χ0v) is 17.5. The van der Waals surface area contributed by atoms with Crippen LogP contribution in [-0.4, -0.2) is 43.8 Å². The number of likely N-dealkylation sites (N-methyl/N-ethyl adjacent to an activating group) is 1. The number of hydrogen-bond acceptors (Lipinski definition) is 4. The van der Waals surface area contributed by atoms with Crippen molar-refractivity contribution < 1.29 is 9.90 Å². The Morgan fingerprint density at radius 3 is 2.69 bits per heavy atom. The quantitative estimate of drug-likeness (QED) is 0.678. The molecule has 0 bridgehead atoms. The van der Waals surface area contributed by atoms with Crippen LogP contribution in [0.5, 0.6) is 0 Å². The predicted octanol–water partition coefficient (Wildman–Crippen LogP) is 4.00. The van der Waals surface area contributed by atoms with Crippen LogP contribution in [0.15, 0.2) is 42.7 Å². The Balaban J connectivity index is 1.61. The van der Waals surface area contributed by atoms with E-state index in [1.54, 1.807) is 42.5 Å². The van der Waals surface area contributed by atoms with E-state index in [1.807, 2.05) is 23.6 Å². The minimum absolute atomic E-state index is 0.193.